The Morgan fingerprint density at radius 2 is 1.77 bits per heavy atom. The second-order valence-corrected chi connectivity index (χ2v) is 7.59. The Bertz CT molecular complexity index is 1460. The van der Waals surface area contributed by atoms with Crippen LogP contribution in [0.5, 0.6) is 0 Å². The molecule has 4 aromatic heterocycles. The fraction of sp³-hybridized carbons (Fsp3) is 0.125. The molecule has 4 heterocycles. The third-order valence-electron chi connectivity index (χ3n) is 5.77. The lowest BCUT2D eigenvalue weighted by atomic mass is 10.0. The van der Waals surface area contributed by atoms with Crippen molar-refractivity contribution < 1.29 is 0 Å². The van der Waals surface area contributed by atoms with Gasteiger partial charge in [0.05, 0.1) is 28.7 Å². The predicted octanol–water partition coefficient (Wildman–Crippen LogP) is 4.13. The molecule has 30 heavy (non-hydrogen) atoms. The van der Waals surface area contributed by atoms with Gasteiger partial charge in [0.2, 0.25) is 0 Å². The molecule has 1 saturated carbocycles. The lowest BCUT2D eigenvalue weighted by Crippen LogP contribution is -2.23. The van der Waals surface area contributed by atoms with Crippen LogP contribution in [0, 0.1) is 0 Å². The summed E-state index contributed by atoms with van der Waals surface area (Å²) in [5.41, 5.74) is 4.27. The van der Waals surface area contributed by atoms with E-state index in [-0.39, 0.29) is 17.5 Å². The van der Waals surface area contributed by atoms with Gasteiger partial charge in [0, 0.05) is 35.6 Å². The monoisotopic (exact) mass is 391 g/mol. The van der Waals surface area contributed by atoms with E-state index in [0.29, 0.717) is 10.9 Å². The van der Waals surface area contributed by atoms with Crippen LogP contribution in [0.25, 0.3) is 32.9 Å². The van der Waals surface area contributed by atoms with Crippen LogP contribution in [0.15, 0.2) is 84.2 Å². The maximum atomic E-state index is 13.4. The Morgan fingerprint density at radius 1 is 0.900 bits per heavy atom. The van der Waals surface area contributed by atoms with Crippen molar-refractivity contribution in [1.29, 1.82) is 0 Å². The Balaban J connectivity index is 1.43. The van der Waals surface area contributed by atoms with Crippen LogP contribution < -0.4 is 5.56 Å². The van der Waals surface area contributed by atoms with Crippen LogP contribution in [0.3, 0.4) is 0 Å². The standard InChI is InChI=1S/C24H17N5O/c30-24-23-17(15-7-10-25-11-8-15)9-12-26-21(23)14-27-29(24)22-13-18(22)20-6-5-16-3-1-2-4-19(16)28-20/h1-12,14,18,22H,13H2/t18?,22-/m0/s1. The number of hydrogen-bond acceptors (Lipinski definition) is 5. The summed E-state index contributed by atoms with van der Waals surface area (Å²) in [6, 6.07) is 17.9. The molecule has 0 amide bonds. The third-order valence-corrected chi connectivity index (χ3v) is 5.77. The molecular formula is C24H17N5O. The summed E-state index contributed by atoms with van der Waals surface area (Å²) in [6.07, 6.45) is 7.70. The largest absolute Gasteiger partial charge is 0.277 e. The lowest BCUT2D eigenvalue weighted by molar-refractivity contribution is 0.589. The summed E-state index contributed by atoms with van der Waals surface area (Å²) in [5.74, 6) is 0.193. The number of para-hydroxylation sites is 1. The van der Waals surface area contributed by atoms with Gasteiger partial charge >= 0.3 is 0 Å². The summed E-state index contributed by atoms with van der Waals surface area (Å²) >= 11 is 0. The highest BCUT2D eigenvalue weighted by Crippen LogP contribution is 2.50. The molecule has 0 bridgehead atoms. The molecule has 6 rings (SSSR count). The van der Waals surface area contributed by atoms with Gasteiger partial charge in [-0.15, -0.1) is 0 Å². The zero-order valence-electron chi connectivity index (χ0n) is 16.0. The van der Waals surface area contributed by atoms with E-state index in [1.54, 1.807) is 29.5 Å². The molecule has 1 aromatic carbocycles. The van der Waals surface area contributed by atoms with Crippen molar-refractivity contribution in [2.75, 3.05) is 0 Å². The number of rotatable bonds is 3. The zero-order chi connectivity index (χ0) is 20.1. The first-order valence-electron chi connectivity index (χ1n) is 9.92. The molecule has 6 heteroatoms. The van der Waals surface area contributed by atoms with E-state index in [0.717, 1.165) is 34.1 Å². The smallest absolute Gasteiger partial charge is 0.267 e. The molecular weight excluding hydrogens is 374 g/mol. The Labute approximate surface area is 171 Å². The molecule has 2 atom stereocenters. The minimum absolute atomic E-state index is 0.0149. The first-order chi connectivity index (χ1) is 14.8. The van der Waals surface area contributed by atoms with Gasteiger partial charge in [-0.1, -0.05) is 24.3 Å². The SMILES string of the molecule is O=c1c2c(-c3ccncc3)ccnc2cnn1[C@H]1CC1c1ccc2ccccc2n1. The van der Waals surface area contributed by atoms with Crippen molar-refractivity contribution in [2.45, 2.75) is 18.4 Å². The summed E-state index contributed by atoms with van der Waals surface area (Å²) in [5, 5.41) is 6.15. The summed E-state index contributed by atoms with van der Waals surface area (Å²) in [6.45, 7) is 0. The quantitative estimate of drug-likeness (QED) is 0.462. The molecule has 1 aliphatic rings. The lowest BCUT2D eigenvalue weighted by Gasteiger charge is -2.09. The van der Waals surface area contributed by atoms with Crippen LogP contribution in [0.2, 0.25) is 0 Å². The molecule has 0 saturated heterocycles. The first-order valence-corrected chi connectivity index (χ1v) is 9.92. The van der Waals surface area contributed by atoms with E-state index in [1.807, 2.05) is 36.4 Å². The highest BCUT2D eigenvalue weighted by molar-refractivity contribution is 5.93. The summed E-state index contributed by atoms with van der Waals surface area (Å²) in [4.78, 5) is 26.7. The van der Waals surface area contributed by atoms with Crippen molar-refractivity contribution in [3.63, 3.8) is 0 Å². The second-order valence-electron chi connectivity index (χ2n) is 7.59. The fourth-order valence-corrected chi connectivity index (χ4v) is 4.15. The van der Waals surface area contributed by atoms with Crippen molar-refractivity contribution in [3.8, 4) is 11.1 Å². The van der Waals surface area contributed by atoms with Gasteiger partial charge < -0.3 is 0 Å². The van der Waals surface area contributed by atoms with Gasteiger partial charge in [-0.25, -0.2) is 4.68 Å². The second kappa shape index (κ2) is 6.56. The van der Waals surface area contributed by atoms with E-state index in [2.05, 4.69) is 33.3 Å². The molecule has 0 aliphatic heterocycles. The number of fused-ring (bicyclic) bond motifs is 2. The van der Waals surface area contributed by atoms with Gasteiger partial charge in [0.1, 0.15) is 0 Å². The Morgan fingerprint density at radius 3 is 2.67 bits per heavy atom. The molecule has 144 valence electrons. The first kappa shape index (κ1) is 17.0. The number of aromatic nitrogens is 5. The molecule has 0 spiro atoms. The zero-order valence-corrected chi connectivity index (χ0v) is 16.0. The predicted molar refractivity (Wildman–Crippen MR) is 115 cm³/mol. The van der Waals surface area contributed by atoms with Crippen LogP contribution >= 0.6 is 0 Å². The average Bonchev–Trinajstić information content (AvgIpc) is 3.60. The van der Waals surface area contributed by atoms with Crippen LogP contribution in [0.1, 0.15) is 24.1 Å². The van der Waals surface area contributed by atoms with Crippen LogP contribution in [0.4, 0.5) is 0 Å². The van der Waals surface area contributed by atoms with E-state index in [4.69, 9.17) is 4.98 Å². The third kappa shape index (κ3) is 2.69. The van der Waals surface area contributed by atoms with Gasteiger partial charge in [-0.3, -0.25) is 19.7 Å². The van der Waals surface area contributed by atoms with Crippen molar-refractivity contribution in [3.05, 3.63) is 95.4 Å². The van der Waals surface area contributed by atoms with Crippen LogP contribution in [-0.2, 0) is 0 Å². The number of benzene rings is 1. The minimum Gasteiger partial charge on any atom is -0.267 e. The average molecular weight is 391 g/mol. The number of nitrogens with zero attached hydrogens (tertiary/aromatic N) is 5. The van der Waals surface area contributed by atoms with E-state index in [1.165, 1.54) is 0 Å². The van der Waals surface area contributed by atoms with Gasteiger partial charge in [0.25, 0.3) is 5.56 Å². The van der Waals surface area contributed by atoms with Crippen molar-refractivity contribution in [2.24, 2.45) is 0 Å². The highest BCUT2D eigenvalue weighted by Gasteiger charge is 2.43. The minimum atomic E-state index is -0.110. The maximum absolute atomic E-state index is 13.4. The van der Waals surface area contributed by atoms with E-state index < -0.39 is 0 Å². The van der Waals surface area contributed by atoms with Gasteiger partial charge in [0.15, 0.2) is 0 Å². The maximum Gasteiger partial charge on any atom is 0.277 e. The van der Waals surface area contributed by atoms with Gasteiger partial charge in [-0.05, 0) is 47.9 Å². The molecule has 1 unspecified atom stereocenters. The Hall–Kier alpha value is -3.93. The Kier molecular flexibility index (Phi) is 3.71. The number of hydrogen-bond donors (Lipinski definition) is 0. The molecule has 6 nitrogen and oxygen atoms in total. The molecule has 0 N–H and O–H groups in total. The van der Waals surface area contributed by atoms with E-state index >= 15 is 0 Å². The molecule has 1 fully saturated rings. The van der Waals surface area contributed by atoms with Gasteiger partial charge in [-0.2, -0.15) is 5.10 Å². The van der Waals surface area contributed by atoms with Crippen molar-refractivity contribution >= 4 is 21.8 Å². The summed E-state index contributed by atoms with van der Waals surface area (Å²) in [7, 11) is 0. The molecule has 5 aromatic rings. The van der Waals surface area contributed by atoms with E-state index in [9.17, 15) is 4.79 Å². The van der Waals surface area contributed by atoms with Crippen molar-refractivity contribution in [1.82, 2.24) is 24.7 Å². The highest BCUT2D eigenvalue weighted by atomic mass is 16.1. The number of pyridine rings is 3. The summed E-state index contributed by atoms with van der Waals surface area (Å²) < 4.78 is 1.61. The normalized spacial score (nSPS) is 18.0. The topological polar surface area (TPSA) is 73.6 Å². The fourth-order valence-electron chi connectivity index (χ4n) is 4.15. The molecule has 0 radical (unpaired) electrons. The molecule has 1 aliphatic carbocycles. The van der Waals surface area contributed by atoms with Crippen LogP contribution in [-0.4, -0.2) is 24.7 Å².